The summed E-state index contributed by atoms with van der Waals surface area (Å²) in [6.07, 6.45) is 3.10. The van der Waals surface area contributed by atoms with Crippen LogP contribution in [0, 0.1) is 12.7 Å². The molecule has 0 aliphatic rings. The first-order valence-corrected chi connectivity index (χ1v) is 13.3. The molecule has 2 aromatic rings. The summed E-state index contributed by atoms with van der Waals surface area (Å²) in [4.78, 5) is 28.0. The number of nitrogens with one attached hydrogen (secondary N) is 1. The van der Waals surface area contributed by atoms with Crippen molar-refractivity contribution in [3.05, 3.63) is 65.5 Å². The van der Waals surface area contributed by atoms with Crippen LogP contribution in [0.5, 0.6) is 0 Å². The van der Waals surface area contributed by atoms with E-state index in [9.17, 15) is 22.4 Å². The standard InChI is InChI=1S/C25H34FN3O4S/c1-5-7-16-27-25(31)23(6-2)28(17-20-11-9-8-10-19(20)3)24(30)18-29(34(4,32)33)22-14-12-21(26)13-15-22/h8-15,23H,5-7,16-18H2,1-4H3,(H,27,31)/t23-/m1/s1. The minimum Gasteiger partial charge on any atom is -0.354 e. The van der Waals surface area contributed by atoms with Gasteiger partial charge in [0.1, 0.15) is 18.4 Å². The molecule has 0 spiro atoms. The van der Waals surface area contributed by atoms with Gasteiger partial charge in [-0.25, -0.2) is 12.8 Å². The largest absolute Gasteiger partial charge is 0.354 e. The molecule has 0 unspecified atom stereocenters. The summed E-state index contributed by atoms with van der Waals surface area (Å²) in [5.41, 5.74) is 2.00. The second-order valence-corrected chi connectivity index (χ2v) is 10.2. The van der Waals surface area contributed by atoms with Crippen LogP contribution < -0.4 is 9.62 Å². The molecule has 0 aliphatic heterocycles. The Morgan fingerprint density at radius 1 is 1.06 bits per heavy atom. The molecule has 186 valence electrons. The van der Waals surface area contributed by atoms with Crippen LogP contribution in [0.15, 0.2) is 48.5 Å². The summed E-state index contributed by atoms with van der Waals surface area (Å²) < 4.78 is 39.4. The molecule has 0 aliphatic carbocycles. The highest BCUT2D eigenvalue weighted by Gasteiger charge is 2.31. The maximum absolute atomic E-state index is 13.6. The highest BCUT2D eigenvalue weighted by molar-refractivity contribution is 7.92. The maximum atomic E-state index is 13.6. The van der Waals surface area contributed by atoms with Crippen LogP contribution in [0.3, 0.4) is 0 Å². The van der Waals surface area contributed by atoms with Gasteiger partial charge in [0.2, 0.25) is 21.8 Å². The number of hydrogen-bond donors (Lipinski definition) is 1. The van der Waals surface area contributed by atoms with Crippen molar-refractivity contribution in [3.8, 4) is 0 Å². The fourth-order valence-electron chi connectivity index (χ4n) is 3.62. The minimum atomic E-state index is -3.85. The smallest absolute Gasteiger partial charge is 0.244 e. The Bertz CT molecular complexity index is 1070. The number of unbranched alkanes of at least 4 members (excludes halogenated alkanes) is 1. The van der Waals surface area contributed by atoms with Crippen molar-refractivity contribution in [2.75, 3.05) is 23.7 Å². The molecule has 0 saturated carbocycles. The Labute approximate surface area is 202 Å². The first-order valence-electron chi connectivity index (χ1n) is 11.4. The number of anilines is 1. The third kappa shape index (κ3) is 7.55. The summed E-state index contributed by atoms with van der Waals surface area (Å²) in [5.74, 6) is -1.31. The molecular weight excluding hydrogens is 457 g/mol. The summed E-state index contributed by atoms with van der Waals surface area (Å²) in [7, 11) is -3.85. The average Bonchev–Trinajstić information content (AvgIpc) is 2.78. The lowest BCUT2D eigenvalue weighted by atomic mass is 10.1. The van der Waals surface area contributed by atoms with Gasteiger partial charge in [-0.2, -0.15) is 0 Å². The highest BCUT2D eigenvalue weighted by atomic mass is 32.2. The van der Waals surface area contributed by atoms with Crippen molar-refractivity contribution >= 4 is 27.5 Å². The normalized spacial score (nSPS) is 12.1. The van der Waals surface area contributed by atoms with Crippen LogP contribution in [-0.2, 0) is 26.2 Å². The van der Waals surface area contributed by atoms with Crippen LogP contribution in [-0.4, -0.2) is 50.5 Å². The molecule has 2 amide bonds. The number of rotatable bonds is 12. The van der Waals surface area contributed by atoms with E-state index in [1.807, 2.05) is 45.0 Å². The zero-order valence-corrected chi connectivity index (χ0v) is 21.1. The lowest BCUT2D eigenvalue weighted by Gasteiger charge is -2.33. The Balaban J connectivity index is 2.40. The molecule has 0 saturated heterocycles. The van der Waals surface area contributed by atoms with E-state index in [0.717, 1.165) is 46.7 Å². The van der Waals surface area contributed by atoms with Gasteiger partial charge < -0.3 is 10.2 Å². The van der Waals surface area contributed by atoms with Gasteiger partial charge in [0.25, 0.3) is 0 Å². The van der Waals surface area contributed by atoms with Crippen molar-refractivity contribution in [2.45, 2.75) is 52.6 Å². The summed E-state index contributed by atoms with van der Waals surface area (Å²) in [5, 5.41) is 2.89. The molecule has 0 radical (unpaired) electrons. The Kier molecular flexibility index (Phi) is 10.0. The van der Waals surface area contributed by atoms with Gasteiger partial charge in [0.15, 0.2) is 0 Å². The zero-order valence-electron chi connectivity index (χ0n) is 20.3. The first-order chi connectivity index (χ1) is 16.1. The molecule has 7 nitrogen and oxygen atoms in total. The molecule has 9 heteroatoms. The highest BCUT2D eigenvalue weighted by Crippen LogP contribution is 2.21. The van der Waals surface area contributed by atoms with Gasteiger partial charge in [0, 0.05) is 13.1 Å². The van der Waals surface area contributed by atoms with Gasteiger partial charge >= 0.3 is 0 Å². The second kappa shape index (κ2) is 12.5. The predicted molar refractivity (Wildman–Crippen MR) is 132 cm³/mol. The van der Waals surface area contributed by atoms with E-state index in [4.69, 9.17) is 0 Å². The van der Waals surface area contributed by atoms with E-state index < -0.39 is 34.3 Å². The third-order valence-electron chi connectivity index (χ3n) is 5.61. The predicted octanol–water partition coefficient (Wildman–Crippen LogP) is 3.62. The van der Waals surface area contributed by atoms with Gasteiger partial charge in [-0.3, -0.25) is 13.9 Å². The zero-order chi connectivity index (χ0) is 25.3. The average molecular weight is 492 g/mol. The van der Waals surface area contributed by atoms with E-state index in [1.54, 1.807) is 0 Å². The minimum absolute atomic E-state index is 0.159. The fourth-order valence-corrected chi connectivity index (χ4v) is 4.47. The molecule has 2 rings (SSSR count). The molecule has 0 bridgehead atoms. The molecule has 1 atom stereocenters. The summed E-state index contributed by atoms with van der Waals surface area (Å²) in [6, 6.07) is 11.7. The maximum Gasteiger partial charge on any atom is 0.244 e. The molecule has 0 fully saturated rings. The van der Waals surface area contributed by atoms with E-state index >= 15 is 0 Å². The Morgan fingerprint density at radius 3 is 2.26 bits per heavy atom. The van der Waals surface area contributed by atoms with E-state index in [1.165, 1.54) is 17.0 Å². The molecule has 2 aromatic carbocycles. The lowest BCUT2D eigenvalue weighted by molar-refractivity contribution is -0.140. The van der Waals surface area contributed by atoms with Gasteiger partial charge in [0.05, 0.1) is 11.9 Å². The molecular formula is C25H34FN3O4S. The first kappa shape index (κ1) is 27.3. The molecule has 34 heavy (non-hydrogen) atoms. The van der Waals surface area contributed by atoms with Crippen molar-refractivity contribution in [3.63, 3.8) is 0 Å². The van der Waals surface area contributed by atoms with Crippen molar-refractivity contribution < 1.29 is 22.4 Å². The molecule has 0 heterocycles. The Hall–Kier alpha value is -2.94. The number of hydrogen-bond acceptors (Lipinski definition) is 4. The SMILES string of the molecule is CCCCNC(=O)[C@@H](CC)N(Cc1ccccc1C)C(=O)CN(c1ccc(F)cc1)S(C)(=O)=O. The van der Waals surface area contributed by atoms with Crippen LogP contribution in [0.1, 0.15) is 44.2 Å². The number of nitrogens with zero attached hydrogens (tertiary/aromatic N) is 2. The van der Waals surface area contributed by atoms with Gasteiger partial charge in [-0.05, 0) is 55.2 Å². The monoisotopic (exact) mass is 491 g/mol. The summed E-state index contributed by atoms with van der Waals surface area (Å²) in [6.45, 7) is 5.91. The molecule has 1 N–H and O–H groups in total. The lowest BCUT2D eigenvalue weighted by Crippen LogP contribution is -2.52. The number of halogens is 1. The number of sulfonamides is 1. The second-order valence-electron chi connectivity index (χ2n) is 8.26. The van der Waals surface area contributed by atoms with Crippen molar-refractivity contribution in [1.29, 1.82) is 0 Å². The van der Waals surface area contributed by atoms with E-state index in [2.05, 4.69) is 5.32 Å². The number of carbonyl (C=O) groups excluding carboxylic acids is 2. The van der Waals surface area contributed by atoms with Crippen molar-refractivity contribution in [2.24, 2.45) is 0 Å². The van der Waals surface area contributed by atoms with Crippen LogP contribution in [0.25, 0.3) is 0 Å². The third-order valence-corrected chi connectivity index (χ3v) is 6.75. The van der Waals surface area contributed by atoms with Crippen LogP contribution in [0.2, 0.25) is 0 Å². The molecule has 0 aromatic heterocycles. The number of carbonyl (C=O) groups is 2. The summed E-state index contributed by atoms with van der Waals surface area (Å²) >= 11 is 0. The van der Waals surface area contributed by atoms with Crippen molar-refractivity contribution in [1.82, 2.24) is 10.2 Å². The van der Waals surface area contributed by atoms with Crippen LogP contribution >= 0.6 is 0 Å². The van der Waals surface area contributed by atoms with Gasteiger partial charge in [-0.1, -0.05) is 44.5 Å². The van der Waals surface area contributed by atoms with E-state index in [0.29, 0.717) is 13.0 Å². The van der Waals surface area contributed by atoms with Crippen LogP contribution in [0.4, 0.5) is 10.1 Å². The topological polar surface area (TPSA) is 86.8 Å². The van der Waals surface area contributed by atoms with E-state index in [-0.39, 0.29) is 18.1 Å². The Morgan fingerprint density at radius 2 is 1.71 bits per heavy atom. The number of benzene rings is 2. The number of amides is 2. The fraction of sp³-hybridized carbons (Fsp3) is 0.440. The quantitative estimate of drug-likeness (QED) is 0.460. The van der Waals surface area contributed by atoms with Gasteiger partial charge in [-0.15, -0.1) is 0 Å². The number of aryl methyl sites for hydroxylation is 1.